The lowest BCUT2D eigenvalue weighted by Gasteiger charge is -2.24. The van der Waals surface area contributed by atoms with E-state index in [-0.39, 0.29) is 0 Å². The molecule has 0 aliphatic carbocycles. The van der Waals surface area contributed by atoms with Crippen molar-refractivity contribution in [2.75, 3.05) is 12.3 Å². The molecule has 0 atom stereocenters. The first-order valence-electron chi connectivity index (χ1n) is 5.45. The minimum absolute atomic E-state index is 0.396. The second kappa shape index (κ2) is 4.02. The molecule has 1 aliphatic heterocycles. The predicted molar refractivity (Wildman–Crippen MR) is 66.4 cm³/mol. The number of thiophene rings is 1. The molecule has 94 valence electrons. The largest absolute Gasteiger partial charge is 0.465 e. The Hall–Kier alpha value is -2.02. The summed E-state index contributed by atoms with van der Waals surface area (Å²) in [6.45, 7) is 0.882. The van der Waals surface area contributed by atoms with Crippen LogP contribution < -0.4 is 5.73 Å². The standard InChI is InChI=1S/C11H11N3O3S/c12-10-9(7-1-3-13-17-7)6-2-4-14(11(15)16)5-8(6)18-10/h1,3H,2,4-5,12H2,(H,15,16). The minimum atomic E-state index is -0.895. The molecule has 3 N–H and O–H groups in total. The Labute approximate surface area is 107 Å². The van der Waals surface area contributed by atoms with Gasteiger partial charge in [-0.05, 0) is 12.0 Å². The van der Waals surface area contributed by atoms with Gasteiger partial charge in [0.2, 0.25) is 0 Å². The number of fused-ring (bicyclic) bond motifs is 1. The Balaban J connectivity index is 2.03. The third kappa shape index (κ3) is 1.63. The second-order valence-electron chi connectivity index (χ2n) is 4.07. The summed E-state index contributed by atoms with van der Waals surface area (Å²) in [6.07, 6.45) is 1.34. The number of carboxylic acid groups (broad SMARTS) is 1. The number of amides is 1. The molecule has 1 amide bonds. The summed E-state index contributed by atoms with van der Waals surface area (Å²) in [5.74, 6) is 0.647. The Kier molecular flexibility index (Phi) is 2.48. The lowest BCUT2D eigenvalue weighted by Crippen LogP contribution is -2.34. The van der Waals surface area contributed by atoms with Crippen molar-refractivity contribution >= 4 is 22.4 Å². The van der Waals surface area contributed by atoms with E-state index in [0.717, 1.165) is 16.0 Å². The fraction of sp³-hybridized carbons (Fsp3) is 0.273. The zero-order chi connectivity index (χ0) is 12.7. The monoisotopic (exact) mass is 265 g/mol. The zero-order valence-electron chi connectivity index (χ0n) is 9.42. The van der Waals surface area contributed by atoms with E-state index in [1.54, 1.807) is 12.3 Å². The third-order valence-corrected chi connectivity index (χ3v) is 4.08. The van der Waals surface area contributed by atoms with Gasteiger partial charge < -0.3 is 20.3 Å². The highest BCUT2D eigenvalue weighted by Gasteiger charge is 2.27. The smallest absolute Gasteiger partial charge is 0.407 e. The van der Waals surface area contributed by atoms with Gasteiger partial charge in [0.1, 0.15) is 0 Å². The highest BCUT2D eigenvalue weighted by atomic mass is 32.1. The van der Waals surface area contributed by atoms with Crippen LogP contribution in [0.4, 0.5) is 9.80 Å². The van der Waals surface area contributed by atoms with Gasteiger partial charge in [-0.2, -0.15) is 0 Å². The zero-order valence-corrected chi connectivity index (χ0v) is 10.2. The van der Waals surface area contributed by atoms with Gasteiger partial charge in [-0.3, -0.25) is 0 Å². The number of nitrogen functional groups attached to an aromatic ring is 1. The van der Waals surface area contributed by atoms with Crippen molar-refractivity contribution in [3.8, 4) is 11.3 Å². The number of rotatable bonds is 1. The van der Waals surface area contributed by atoms with Crippen molar-refractivity contribution in [2.24, 2.45) is 0 Å². The maximum Gasteiger partial charge on any atom is 0.407 e. The van der Waals surface area contributed by atoms with Gasteiger partial charge >= 0.3 is 6.09 Å². The molecule has 18 heavy (non-hydrogen) atoms. The summed E-state index contributed by atoms with van der Waals surface area (Å²) in [7, 11) is 0. The molecule has 0 unspecified atom stereocenters. The van der Waals surface area contributed by atoms with E-state index in [9.17, 15) is 4.79 Å². The maximum atomic E-state index is 11.0. The van der Waals surface area contributed by atoms with Crippen LogP contribution in [0.1, 0.15) is 10.4 Å². The van der Waals surface area contributed by atoms with Gasteiger partial charge in [0.15, 0.2) is 5.76 Å². The molecule has 0 bridgehead atoms. The quantitative estimate of drug-likeness (QED) is 0.822. The van der Waals surface area contributed by atoms with Crippen molar-refractivity contribution in [3.63, 3.8) is 0 Å². The Bertz CT molecular complexity index is 591. The lowest BCUT2D eigenvalue weighted by atomic mass is 10.0. The number of aromatic nitrogens is 1. The number of nitrogens with two attached hydrogens (primary N) is 1. The van der Waals surface area contributed by atoms with E-state index < -0.39 is 6.09 Å². The number of nitrogens with zero attached hydrogens (tertiary/aromatic N) is 2. The van der Waals surface area contributed by atoms with E-state index in [0.29, 0.717) is 30.3 Å². The van der Waals surface area contributed by atoms with Crippen LogP contribution in [0, 0.1) is 0 Å². The van der Waals surface area contributed by atoms with Gasteiger partial charge in [-0.25, -0.2) is 4.79 Å². The highest BCUT2D eigenvalue weighted by molar-refractivity contribution is 7.16. The van der Waals surface area contributed by atoms with Gasteiger partial charge in [-0.15, -0.1) is 11.3 Å². The van der Waals surface area contributed by atoms with E-state index in [4.69, 9.17) is 15.4 Å². The summed E-state index contributed by atoms with van der Waals surface area (Å²) in [5, 5.41) is 13.3. The molecule has 0 aromatic carbocycles. The molecule has 3 heterocycles. The Morgan fingerprint density at radius 2 is 2.44 bits per heavy atom. The maximum absolute atomic E-state index is 11.0. The molecule has 0 saturated carbocycles. The molecule has 3 rings (SSSR count). The first-order valence-corrected chi connectivity index (χ1v) is 6.27. The number of anilines is 1. The fourth-order valence-electron chi connectivity index (χ4n) is 2.20. The summed E-state index contributed by atoms with van der Waals surface area (Å²) in [6, 6.07) is 1.77. The molecule has 1 aliphatic rings. The summed E-state index contributed by atoms with van der Waals surface area (Å²) in [5.41, 5.74) is 7.96. The van der Waals surface area contributed by atoms with E-state index in [1.807, 2.05) is 0 Å². The molecule has 0 fully saturated rings. The SMILES string of the molecule is Nc1sc2c(c1-c1ccno1)CCN(C(=O)O)C2. The van der Waals surface area contributed by atoms with Crippen LogP contribution in [0.5, 0.6) is 0 Å². The van der Waals surface area contributed by atoms with Gasteiger partial charge in [-0.1, -0.05) is 5.16 Å². The summed E-state index contributed by atoms with van der Waals surface area (Å²) < 4.78 is 5.15. The van der Waals surface area contributed by atoms with Crippen molar-refractivity contribution in [1.29, 1.82) is 0 Å². The Morgan fingerprint density at radius 3 is 3.11 bits per heavy atom. The van der Waals surface area contributed by atoms with Gasteiger partial charge in [0.25, 0.3) is 0 Å². The van der Waals surface area contributed by atoms with Gasteiger partial charge in [0, 0.05) is 17.5 Å². The van der Waals surface area contributed by atoms with Crippen molar-refractivity contribution in [3.05, 3.63) is 22.7 Å². The molecule has 0 radical (unpaired) electrons. The molecular weight excluding hydrogens is 254 g/mol. The van der Waals surface area contributed by atoms with Crippen molar-refractivity contribution < 1.29 is 14.4 Å². The summed E-state index contributed by atoms with van der Waals surface area (Å²) >= 11 is 1.42. The van der Waals surface area contributed by atoms with Crippen LogP contribution in [0.3, 0.4) is 0 Å². The molecule has 2 aromatic rings. The van der Waals surface area contributed by atoms with Gasteiger partial charge in [0.05, 0.1) is 23.3 Å². The molecule has 0 saturated heterocycles. The van der Waals surface area contributed by atoms with E-state index in [1.165, 1.54) is 16.2 Å². The summed E-state index contributed by atoms with van der Waals surface area (Å²) in [4.78, 5) is 13.3. The van der Waals surface area contributed by atoms with E-state index in [2.05, 4.69) is 5.16 Å². The number of hydrogen-bond acceptors (Lipinski definition) is 5. The first kappa shape index (κ1) is 11.1. The van der Waals surface area contributed by atoms with Crippen LogP contribution >= 0.6 is 11.3 Å². The fourth-order valence-corrected chi connectivity index (χ4v) is 3.34. The Morgan fingerprint density at radius 1 is 1.61 bits per heavy atom. The van der Waals surface area contributed by atoms with E-state index >= 15 is 0 Å². The average molecular weight is 265 g/mol. The van der Waals surface area contributed by atoms with Crippen LogP contribution in [-0.2, 0) is 13.0 Å². The predicted octanol–water partition coefficient (Wildman–Crippen LogP) is 2.02. The van der Waals surface area contributed by atoms with Crippen molar-refractivity contribution in [2.45, 2.75) is 13.0 Å². The minimum Gasteiger partial charge on any atom is -0.465 e. The van der Waals surface area contributed by atoms with Crippen LogP contribution in [0.15, 0.2) is 16.8 Å². The number of hydrogen-bond donors (Lipinski definition) is 2. The average Bonchev–Trinajstić information content (AvgIpc) is 2.93. The van der Waals surface area contributed by atoms with Crippen LogP contribution in [0.25, 0.3) is 11.3 Å². The normalized spacial score (nSPS) is 14.6. The molecule has 7 heteroatoms. The lowest BCUT2D eigenvalue weighted by molar-refractivity contribution is 0.140. The number of carbonyl (C=O) groups is 1. The molecular formula is C11H11N3O3S. The van der Waals surface area contributed by atoms with Crippen molar-refractivity contribution in [1.82, 2.24) is 10.1 Å². The topological polar surface area (TPSA) is 92.6 Å². The molecule has 2 aromatic heterocycles. The van der Waals surface area contributed by atoms with Crippen LogP contribution in [0.2, 0.25) is 0 Å². The molecule has 6 nitrogen and oxygen atoms in total. The highest BCUT2D eigenvalue weighted by Crippen LogP contribution is 2.41. The molecule has 0 spiro atoms. The second-order valence-corrected chi connectivity index (χ2v) is 5.21. The third-order valence-electron chi connectivity index (χ3n) is 3.04. The van der Waals surface area contributed by atoms with Crippen LogP contribution in [-0.4, -0.2) is 27.8 Å². The first-order chi connectivity index (χ1) is 8.66.